The Hall–Kier alpha value is -1.27. The highest BCUT2D eigenvalue weighted by molar-refractivity contribution is 5.45. The van der Waals surface area contributed by atoms with Crippen molar-refractivity contribution in [1.82, 2.24) is 5.06 Å². The Morgan fingerprint density at radius 3 is 2.67 bits per heavy atom. The van der Waals surface area contributed by atoms with E-state index in [2.05, 4.69) is 0 Å². The lowest BCUT2D eigenvalue weighted by atomic mass is 10.1. The molecular formula is C12H15F3N2O. The molecule has 6 heteroatoms. The molecule has 1 fully saturated rings. The Kier molecular flexibility index (Phi) is 3.77. The van der Waals surface area contributed by atoms with Crippen molar-refractivity contribution in [2.45, 2.75) is 25.6 Å². The maximum absolute atomic E-state index is 12.9. The lowest BCUT2D eigenvalue weighted by molar-refractivity contribution is -0.189. The van der Waals surface area contributed by atoms with Crippen LogP contribution in [0.2, 0.25) is 0 Å². The summed E-state index contributed by atoms with van der Waals surface area (Å²) in [5, 5.41) is 1.57. The fourth-order valence-corrected chi connectivity index (χ4v) is 1.96. The van der Waals surface area contributed by atoms with Crippen LogP contribution in [0.4, 0.5) is 18.9 Å². The van der Waals surface area contributed by atoms with Gasteiger partial charge in [-0.05, 0) is 30.5 Å². The van der Waals surface area contributed by atoms with E-state index in [1.165, 1.54) is 12.1 Å². The normalized spacial score (nSPS) is 17.9. The molecule has 0 aromatic heterocycles. The fourth-order valence-electron chi connectivity index (χ4n) is 1.96. The van der Waals surface area contributed by atoms with Gasteiger partial charge in [0.15, 0.2) is 0 Å². The van der Waals surface area contributed by atoms with Crippen LogP contribution in [-0.2, 0) is 17.6 Å². The van der Waals surface area contributed by atoms with E-state index in [4.69, 9.17) is 10.6 Å². The summed E-state index contributed by atoms with van der Waals surface area (Å²) in [5.41, 5.74) is 5.04. The van der Waals surface area contributed by atoms with E-state index >= 15 is 0 Å². The van der Waals surface area contributed by atoms with Gasteiger partial charge in [-0.15, -0.1) is 0 Å². The molecule has 0 saturated carbocycles. The second kappa shape index (κ2) is 5.16. The van der Waals surface area contributed by atoms with Crippen LogP contribution in [0.25, 0.3) is 0 Å². The molecule has 3 nitrogen and oxygen atoms in total. The number of rotatable bonds is 2. The van der Waals surface area contributed by atoms with Gasteiger partial charge in [-0.2, -0.15) is 18.2 Å². The molecule has 1 aliphatic rings. The number of anilines is 1. The number of benzene rings is 1. The van der Waals surface area contributed by atoms with Gasteiger partial charge < -0.3 is 5.73 Å². The van der Waals surface area contributed by atoms with Gasteiger partial charge >= 0.3 is 6.18 Å². The first-order chi connectivity index (χ1) is 8.47. The molecule has 1 aliphatic heterocycles. The minimum Gasteiger partial charge on any atom is -0.399 e. The maximum Gasteiger partial charge on any atom is 0.416 e. The van der Waals surface area contributed by atoms with E-state index in [-0.39, 0.29) is 17.8 Å². The summed E-state index contributed by atoms with van der Waals surface area (Å²) in [6.07, 6.45) is -2.50. The lowest BCUT2D eigenvalue weighted by Crippen LogP contribution is -2.30. The molecule has 0 bridgehead atoms. The Bertz CT molecular complexity index is 414. The van der Waals surface area contributed by atoms with Crippen molar-refractivity contribution in [1.29, 1.82) is 0 Å². The van der Waals surface area contributed by atoms with Crippen molar-refractivity contribution in [3.05, 3.63) is 29.3 Å². The molecule has 0 aliphatic carbocycles. The first kappa shape index (κ1) is 13.2. The number of nitrogen functional groups attached to an aromatic ring is 1. The summed E-state index contributed by atoms with van der Waals surface area (Å²) >= 11 is 0. The van der Waals surface area contributed by atoms with Gasteiger partial charge in [0.05, 0.1) is 12.2 Å². The van der Waals surface area contributed by atoms with E-state index in [0.717, 1.165) is 18.9 Å². The van der Waals surface area contributed by atoms with Crippen LogP contribution in [0.3, 0.4) is 0 Å². The van der Waals surface area contributed by atoms with Crippen molar-refractivity contribution in [2.24, 2.45) is 0 Å². The number of hydrogen-bond donors (Lipinski definition) is 1. The highest BCUT2D eigenvalue weighted by Gasteiger charge is 2.34. The Labute approximate surface area is 103 Å². The fraction of sp³-hybridized carbons (Fsp3) is 0.500. The molecule has 1 aromatic carbocycles. The Morgan fingerprint density at radius 1 is 1.28 bits per heavy atom. The zero-order valence-corrected chi connectivity index (χ0v) is 9.83. The maximum atomic E-state index is 12.9. The van der Waals surface area contributed by atoms with Gasteiger partial charge in [0.25, 0.3) is 0 Å². The molecule has 0 atom stereocenters. The average Bonchev–Trinajstić information content (AvgIpc) is 2.31. The molecule has 1 heterocycles. The number of halogens is 3. The third kappa shape index (κ3) is 3.14. The molecule has 18 heavy (non-hydrogen) atoms. The second-order valence-electron chi connectivity index (χ2n) is 4.32. The summed E-state index contributed by atoms with van der Waals surface area (Å²) in [5.74, 6) is 0. The molecule has 100 valence electrons. The molecule has 2 N–H and O–H groups in total. The predicted molar refractivity (Wildman–Crippen MR) is 61.5 cm³/mol. The summed E-state index contributed by atoms with van der Waals surface area (Å²) in [6.45, 7) is 1.35. The van der Waals surface area contributed by atoms with Gasteiger partial charge in [0.2, 0.25) is 0 Å². The predicted octanol–water partition coefficient (Wildman–Crippen LogP) is 2.82. The highest BCUT2D eigenvalue weighted by atomic mass is 19.4. The SMILES string of the molecule is Nc1ccc(CN2CCCCO2)c(C(F)(F)F)c1. The largest absolute Gasteiger partial charge is 0.416 e. The zero-order valence-electron chi connectivity index (χ0n) is 9.83. The minimum atomic E-state index is -4.39. The van der Waals surface area contributed by atoms with Gasteiger partial charge in [0.1, 0.15) is 0 Å². The van der Waals surface area contributed by atoms with E-state index in [1.54, 1.807) is 5.06 Å². The van der Waals surface area contributed by atoms with Crippen LogP contribution < -0.4 is 5.73 Å². The topological polar surface area (TPSA) is 38.5 Å². The average molecular weight is 260 g/mol. The minimum absolute atomic E-state index is 0.116. The molecule has 1 aromatic rings. The van der Waals surface area contributed by atoms with Gasteiger partial charge in [-0.3, -0.25) is 4.84 Å². The van der Waals surface area contributed by atoms with E-state index < -0.39 is 11.7 Å². The molecule has 2 rings (SSSR count). The van der Waals surface area contributed by atoms with E-state index in [1.807, 2.05) is 0 Å². The summed E-state index contributed by atoms with van der Waals surface area (Å²) in [7, 11) is 0. The molecule has 0 spiro atoms. The smallest absolute Gasteiger partial charge is 0.399 e. The third-order valence-corrected chi connectivity index (χ3v) is 2.86. The number of nitrogens with two attached hydrogens (primary N) is 1. The van der Waals surface area contributed by atoms with Crippen molar-refractivity contribution in [2.75, 3.05) is 18.9 Å². The van der Waals surface area contributed by atoms with Crippen LogP contribution in [0.15, 0.2) is 18.2 Å². The summed E-state index contributed by atoms with van der Waals surface area (Å²) in [6, 6.07) is 3.87. The van der Waals surface area contributed by atoms with E-state index in [9.17, 15) is 13.2 Å². The van der Waals surface area contributed by atoms with Crippen LogP contribution in [0, 0.1) is 0 Å². The molecule has 1 saturated heterocycles. The van der Waals surface area contributed by atoms with Crippen LogP contribution in [0.1, 0.15) is 24.0 Å². The van der Waals surface area contributed by atoms with E-state index in [0.29, 0.717) is 13.2 Å². The van der Waals surface area contributed by atoms with Crippen molar-refractivity contribution < 1.29 is 18.0 Å². The lowest BCUT2D eigenvalue weighted by Gasteiger charge is -2.27. The quantitative estimate of drug-likeness (QED) is 0.831. The summed E-state index contributed by atoms with van der Waals surface area (Å²) in [4.78, 5) is 5.31. The number of alkyl halides is 3. The molecule has 0 radical (unpaired) electrons. The van der Waals surface area contributed by atoms with Crippen molar-refractivity contribution >= 4 is 5.69 Å². The van der Waals surface area contributed by atoms with Gasteiger partial charge in [-0.1, -0.05) is 6.07 Å². The van der Waals surface area contributed by atoms with Gasteiger partial charge in [-0.25, -0.2) is 0 Å². The second-order valence-corrected chi connectivity index (χ2v) is 4.32. The van der Waals surface area contributed by atoms with Crippen molar-refractivity contribution in [3.63, 3.8) is 0 Å². The van der Waals surface area contributed by atoms with Crippen LogP contribution in [0.5, 0.6) is 0 Å². The zero-order chi connectivity index (χ0) is 13.2. The van der Waals surface area contributed by atoms with Crippen LogP contribution >= 0.6 is 0 Å². The first-order valence-electron chi connectivity index (χ1n) is 5.80. The number of hydroxylamine groups is 2. The Balaban J connectivity index is 2.21. The number of hydrogen-bond acceptors (Lipinski definition) is 3. The molecule has 0 amide bonds. The highest BCUT2D eigenvalue weighted by Crippen LogP contribution is 2.34. The van der Waals surface area contributed by atoms with Gasteiger partial charge in [0, 0.05) is 18.8 Å². The van der Waals surface area contributed by atoms with Crippen LogP contribution in [-0.4, -0.2) is 18.2 Å². The molecular weight excluding hydrogens is 245 g/mol. The molecule has 0 unspecified atom stereocenters. The van der Waals surface area contributed by atoms with Crippen molar-refractivity contribution in [3.8, 4) is 0 Å². The third-order valence-electron chi connectivity index (χ3n) is 2.86. The summed E-state index contributed by atoms with van der Waals surface area (Å²) < 4.78 is 38.6. The standard InChI is InChI=1S/C12H15F3N2O/c13-12(14,15)11-7-10(16)4-3-9(11)8-17-5-1-2-6-18-17/h3-4,7H,1-2,5-6,8,16H2. The number of nitrogens with zero attached hydrogens (tertiary/aromatic N) is 1. The monoisotopic (exact) mass is 260 g/mol. The Morgan fingerprint density at radius 2 is 2.06 bits per heavy atom. The first-order valence-corrected chi connectivity index (χ1v) is 5.80.